The molecule has 1 aromatic heterocycles. The first kappa shape index (κ1) is 14.4. The monoisotopic (exact) mass is 290 g/mol. The normalized spacial score (nSPS) is 21.1. The maximum absolute atomic E-state index is 6.21. The lowest BCUT2D eigenvalue weighted by Crippen LogP contribution is -2.24. The number of nitrogens with two attached hydrogens (primary N) is 1. The predicted octanol–water partition coefficient (Wildman–Crippen LogP) is 3.51. The average Bonchev–Trinajstić information content (AvgIpc) is 2.53. The average molecular weight is 290 g/mol. The Labute approximate surface area is 126 Å². The van der Waals surface area contributed by atoms with Gasteiger partial charge in [-0.15, -0.1) is 0 Å². The quantitative estimate of drug-likeness (QED) is 0.887. The van der Waals surface area contributed by atoms with Crippen LogP contribution in [0.5, 0.6) is 5.88 Å². The molecule has 0 saturated heterocycles. The third kappa shape index (κ3) is 3.77. The van der Waals surface area contributed by atoms with Gasteiger partial charge in [0.1, 0.15) is 18.1 Å². The van der Waals surface area contributed by atoms with Gasteiger partial charge in [-0.25, -0.2) is 4.98 Å². The molecule has 1 heterocycles. The molecular weight excluding hydrogens is 264 g/mol. The fourth-order valence-electron chi connectivity index (χ4n) is 3.37. The summed E-state index contributed by atoms with van der Waals surface area (Å²) >= 11 is 0. The molecule has 0 aromatic carbocycles. The van der Waals surface area contributed by atoms with E-state index in [9.17, 15) is 0 Å². The van der Waals surface area contributed by atoms with E-state index in [0.29, 0.717) is 17.6 Å². The topological polar surface area (TPSA) is 73.1 Å². The van der Waals surface area contributed by atoms with E-state index >= 15 is 0 Å². The molecule has 21 heavy (non-hydrogen) atoms. The summed E-state index contributed by atoms with van der Waals surface area (Å²) in [5, 5.41) is 3.47. The number of anilines is 2. The molecule has 3 rings (SSSR count). The van der Waals surface area contributed by atoms with Gasteiger partial charge in [0.15, 0.2) is 5.82 Å². The highest BCUT2D eigenvalue weighted by Crippen LogP contribution is 2.30. The molecule has 0 radical (unpaired) electrons. The number of aromatic nitrogens is 2. The standard InChI is InChI=1S/C16H26N4O/c17-14-15(20-12-7-3-1-4-8-12)18-11-19-16(14)21-13-9-5-2-6-10-13/h11-13H,1-10,17H2,(H,18,19,20). The SMILES string of the molecule is Nc1c(NC2CCCCC2)ncnc1OC1CCCCC1. The third-order valence-corrected chi connectivity index (χ3v) is 4.62. The Bertz CT molecular complexity index is 415. The van der Waals surface area contributed by atoms with Crippen molar-refractivity contribution in [2.75, 3.05) is 11.1 Å². The molecule has 0 bridgehead atoms. The smallest absolute Gasteiger partial charge is 0.242 e. The molecular formula is C16H26N4O. The van der Waals surface area contributed by atoms with Crippen LogP contribution >= 0.6 is 0 Å². The lowest BCUT2D eigenvalue weighted by molar-refractivity contribution is 0.149. The summed E-state index contributed by atoms with van der Waals surface area (Å²) in [6, 6.07) is 0.485. The third-order valence-electron chi connectivity index (χ3n) is 4.62. The van der Waals surface area contributed by atoms with E-state index in [4.69, 9.17) is 10.5 Å². The number of hydrogen-bond acceptors (Lipinski definition) is 5. The lowest BCUT2D eigenvalue weighted by atomic mass is 9.95. The van der Waals surface area contributed by atoms with Crippen LogP contribution in [0.4, 0.5) is 11.5 Å². The van der Waals surface area contributed by atoms with Crippen LogP contribution < -0.4 is 15.8 Å². The number of rotatable bonds is 4. The van der Waals surface area contributed by atoms with Crippen LogP contribution in [0, 0.1) is 0 Å². The second-order valence-corrected chi connectivity index (χ2v) is 6.30. The maximum atomic E-state index is 6.21. The van der Waals surface area contributed by atoms with E-state index in [0.717, 1.165) is 18.7 Å². The van der Waals surface area contributed by atoms with Crippen LogP contribution in [0.15, 0.2) is 6.33 Å². The first-order chi connectivity index (χ1) is 10.3. The van der Waals surface area contributed by atoms with Crippen molar-refractivity contribution in [2.45, 2.75) is 76.4 Å². The summed E-state index contributed by atoms with van der Waals surface area (Å²) in [7, 11) is 0. The number of ether oxygens (including phenoxy) is 1. The fourth-order valence-corrected chi connectivity index (χ4v) is 3.37. The van der Waals surface area contributed by atoms with Gasteiger partial charge >= 0.3 is 0 Å². The molecule has 116 valence electrons. The summed E-state index contributed by atoms with van der Waals surface area (Å²) in [6.45, 7) is 0. The molecule has 3 N–H and O–H groups in total. The summed E-state index contributed by atoms with van der Waals surface area (Å²) in [6.07, 6.45) is 14.1. The number of nitrogen functional groups attached to an aromatic ring is 1. The van der Waals surface area contributed by atoms with E-state index in [1.807, 2.05) is 0 Å². The lowest BCUT2D eigenvalue weighted by Gasteiger charge is -2.25. The summed E-state index contributed by atoms with van der Waals surface area (Å²) in [4.78, 5) is 8.53. The number of nitrogens with one attached hydrogen (secondary N) is 1. The summed E-state index contributed by atoms with van der Waals surface area (Å²) in [5.74, 6) is 1.29. The Morgan fingerprint density at radius 3 is 2.33 bits per heavy atom. The van der Waals surface area contributed by atoms with Crippen molar-refractivity contribution in [3.8, 4) is 5.88 Å². The highest BCUT2D eigenvalue weighted by molar-refractivity contribution is 5.66. The molecule has 2 saturated carbocycles. The zero-order chi connectivity index (χ0) is 14.5. The van der Waals surface area contributed by atoms with Gasteiger partial charge < -0.3 is 15.8 Å². The van der Waals surface area contributed by atoms with E-state index in [1.165, 1.54) is 51.4 Å². The minimum Gasteiger partial charge on any atom is -0.473 e. The van der Waals surface area contributed by atoms with Gasteiger partial charge in [-0.05, 0) is 38.5 Å². The zero-order valence-corrected chi connectivity index (χ0v) is 12.7. The highest BCUT2D eigenvalue weighted by atomic mass is 16.5. The van der Waals surface area contributed by atoms with E-state index in [2.05, 4.69) is 15.3 Å². The van der Waals surface area contributed by atoms with Gasteiger partial charge in [0.05, 0.1) is 0 Å². The van der Waals surface area contributed by atoms with Gasteiger partial charge in [-0.3, -0.25) is 0 Å². The largest absolute Gasteiger partial charge is 0.473 e. The minimum atomic E-state index is 0.262. The van der Waals surface area contributed by atoms with Gasteiger partial charge in [-0.1, -0.05) is 25.7 Å². The Morgan fingerprint density at radius 2 is 1.62 bits per heavy atom. The minimum absolute atomic E-state index is 0.262. The van der Waals surface area contributed by atoms with Crippen LogP contribution in [0.3, 0.4) is 0 Å². The van der Waals surface area contributed by atoms with Crippen molar-refractivity contribution < 1.29 is 4.74 Å². The van der Waals surface area contributed by atoms with Crippen molar-refractivity contribution in [2.24, 2.45) is 0 Å². The summed E-state index contributed by atoms with van der Waals surface area (Å²) < 4.78 is 6.00. The van der Waals surface area contributed by atoms with Gasteiger partial charge in [0, 0.05) is 6.04 Å². The molecule has 0 amide bonds. The van der Waals surface area contributed by atoms with Crippen molar-refractivity contribution in [3.05, 3.63) is 6.33 Å². The van der Waals surface area contributed by atoms with Crippen molar-refractivity contribution in [1.29, 1.82) is 0 Å². The molecule has 5 heteroatoms. The molecule has 1 aromatic rings. The van der Waals surface area contributed by atoms with Gasteiger partial charge in [0.2, 0.25) is 5.88 Å². The van der Waals surface area contributed by atoms with Crippen LogP contribution in [-0.4, -0.2) is 22.1 Å². The van der Waals surface area contributed by atoms with Crippen LogP contribution in [0.2, 0.25) is 0 Å². The molecule has 0 aliphatic heterocycles. The molecule has 2 aliphatic carbocycles. The molecule has 5 nitrogen and oxygen atoms in total. The van der Waals surface area contributed by atoms with Crippen LogP contribution in [0.25, 0.3) is 0 Å². The number of hydrogen-bond donors (Lipinski definition) is 2. The van der Waals surface area contributed by atoms with Gasteiger partial charge in [-0.2, -0.15) is 4.98 Å². The Morgan fingerprint density at radius 1 is 0.952 bits per heavy atom. The number of nitrogens with zero attached hydrogens (tertiary/aromatic N) is 2. The van der Waals surface area contributed by atoms with E-state index < -0.39 is 0 Å². The molecule has 0 atom stereocenters. The Balaban J connectivity index is 1.65. The second kappa shape index (κ2) is 6.96. The predicted molar refractivity (Wildman–Crippen MR) is 84.4 cm³/mol. The molecule has 2 aliphatic rings. The van der Waals surface area contributed by atoms with Crippen LogP contribution in [0.1, 0.15) is 64.2 Å². The molecule has 2 fully saturated rings. The second-order valence-electron chi connectivity index (χ2n) is 6.30. The maximum Gasteiger partial charge on any atom is 0.242 e. The van der Waals surface area contributed by atoms with Crippen molar-refractivity contribution in [3.63, 3.8) is 0 Å². The van der Waals surface area contributed by atoms with Crippen molar-refractivity contribution in [1.82, 2.24) is 9.97 Å². The first-order valence-electron chi connectivity index (χ1n) is 8.36. The summed E-state index contributed by atoms with van der Waals surface area (Å²) in [5.41, 5.74) is 6.77. The highest BCUT2D eigenvalue weighted by Gasteiger charge is 2.20. The first-order valence-corrected chi connectivity index (χ1v) is 8.36. The van der Waals surface area contributed by atoms with Crippen molar-refractivity contribution >= 4 is 11.5 Å². The van der Waals surface area contributed by atoms with E-state index in [1.54, 1.807) is 6.33 Å². The van der Waals surface area contributed by atoms with Gasteiger partial charge in [0.25, 0.3) is 0 Å². The fraction of sp³-hybridized carbons (Fsp3) is 0.750. The molecule has 0 spiro atoms. The van der Waals surface area contributed by atoms with Crippen LogP contribution in [-0.2, 0) is 0 Å². The Hall–Kier alpha value is -1.52. The Kier molecular flexibility index (Phi) is 4.78. The zero-order valence-electron chi connectivity index (χ0n) is 12.7. The molecule has 0 unspecified atom stereocenters. The van der Waals surface area contributed by atoms with E-state index in [-0.39, 0.29) is 6.10 Å².